The summed E-state index contributed by atoms with van der Waals surface area (Å²) < 4.78 is 15.7. The molecule has 0 saturated heterocycles. The minimum atomic E-state index is -0.617. The lowest BCUT2D eigenvalue weighted by molar-refractivity contribution is -0.392. The summed E-state index contributed by atoms with van der Waals surface area (Å²) in [6, 6.07) is 7.29. The van der Waals surface area contributed by atoms with Gasteiger partial charge in [0.1, 0.15) is 10.8 Å². The molecular weight excluding hydrogens is 379 g/mol. The number of hydrogen-bond acceptors (Lipinski definition) is 5. The average molecular weight is 393 g/mol. The molecule has 0 saturated carbocycles. The lowest BCUT2D eigenvalue weighted by Crippen LogP contribution is -2.21. The van der Waals surface area contributed by atoms with Gasteiger partial charge in [-0.25, -0.2) is 4.39 Å². The van der Waals surface area contributed by atoms with Gasteiger partial charge in [0.25, 0.3) is 5.91 Å². The number of nitrogens with zero attached hydrogens (tertiary/aromatic N) is 5. The van der Waals surface area contributed by atoms with Crippen LogP contribution in [0.15, 0.2) is 36.5 Å². The molecule has 0 unspecified atom stereocenters. The van der Waals surface area contributed by atoms with Crippen LogP contribution < -0.4 is 5.32 Å². The number of amides is 1. The molecule has 3 rings (SSSR count). The van der Waals surface area contributed by atoms with Crippen LogP contribution in [0.2, 0.25) is 5.02 Å². The Hall–Kier alpha value is -3.27. The van der Waals surface area contributed by atoms with Gasteiger partial charge in [-0.2, -0.15) is 5.10 Å². The van der Waals surface area contributed by atoms with Crippen molar-refractivity contribution in [2.24, 2.45) is 0 Å². The summed E-state index contributed by atoms with van der Waals surface area (Å²) in [6.45, 7) is 1.49. The first-order valence-corrected chi connectivity index (χ1v) is 8.15. The molecular formula is C16H14ClFN6O3. The highest BCUT2D eigenvalue weighted by Crippen LogP contribution is 2.21. The summed E-state index contributed by atoms with van der Waals surface area (Å²) in [5.74, 6) is -1.12. The molecule has 11 heteroatoms. The maximum absolute atomic E-state index is 13.3. The summed E-state index contributed by atoms with van der Waals surface area (Å²) in [4.78, 5) is 22.5. The molecule has 1 aromatic carbocycles. The zero-order valence-electron chi connectivity index (χ0n) is 14.1. The van der Waals surface area contributed by atoms with E-state index < -0.39 is 10.8 Å². The number of hydrogen-bond donors (Lipinski definition) is 1. The molecule has 140 valence electrons. The van der Waals surface area contributed by atoms with E-state index in [-0.39, 0.29) is 35.6 Å². The van der Waals surface area contributed by atoms with Crippen LogP contribution in [0, 0.1) is 22.9 Å². The summed E-state index contributed by atoms with van der Waals surface area (Å²) in [6.07, 6.45) is 1.49. The fourth-order valence-electron chi connectivity index (χ4n) is 2.49. The van der Waals surface area contributed by atoms with Crippen molar-refractivity contribution in [1.29, 1.82) is 0 Å². The van der Waals surface area contributed by atoms with Crippen LogP contribution >= 0.6 is 11.6 Å². The van der Waals surface area contributed by atoms with E-state index in [9.17, 15) is 19.3 Å². The fourth-order valence-corrected chi connectivity index (χ4v) is 2.69. The number of carbonyl (C=O) groups excluding carboxylic acids is 1. The van der Waals surface area contributed by atoms with Gasteiger partial charge >= 0.3 is 5.82 Å². The minimum absolute atomic E-state index is 0.101. The van der Waals surface area contributed by atoms with E-state index in [0.717, 1.165) is 4.68 Å². The number of rotatable bonds is 6. The maximum atomic E-state index is 13.3. The zero-order valence-corrected chi connectivity index (χ0v) is 14.9. The second kappa shape index (κ2) is 7.54. The first-order chi connectivity index (χ1) is 12.8. The van der Waals surface area contributed by atoms with Crippen molar-refractivity contribution in [2.75, 3.05) is 5.32 Å². The van der Waals surface area contributed by atoms with Crippen molar-refractivity contribution in [3.05, 3.63) is 68.7 Å². The Morgan fingerprint density at radius 1 is 1.37 bits per heavy atom. The first-order valence-electron chi connectivity index (χ1n) is 7.78. The van der Waals surface area contributed by atoms with Crippen LogP contribution in [-0.2, 0) is 17.9 Å². The van der Waals surface area contributed by atoms with Crippen LogP contribution in [0.4, 0.5) is 16.0 Å². The topological polar surface area (TPSA) is 108 Å². The van der Waals surface area contributed by atoms with Gasteiger partial charge in [0.15, 0.2) is 12.4 Å². The Morgan fingerprint density at radius 3 is 2.85 bits per heavy atom. The van der Waals surface area contributed by atoms with E-state index in [1.54, 1.807) is 19.1 Å². The van der Waals surface area contributed by atoms with Gasteiger partial charge in [-0.15, -0.1) is 4.68 Å². The molecule has 0 atom stereocenters. The molecule has 27 heavy (non-hydrogen) atoms. The second-order valence-electron chi connectivity index (χ2n) is 5.76. The SMILES string of the molecule is Cc1cc([N+](=O)[O-])n(CC(=O)Nc2nn(Cc3cccc(F)c3)cc2Cl)n1. The van der Waals surface area contributed by atoms with E-state index in [2.05, 4.69) is 15.5 Å². The quantitative estimate of drug-likeness (QED) is 0.512. The van der Waals surface area contributed by atoms with Crippen molar-refractivity contribution in [3.8, 4) is 0 Å². The highest BCUT2D eigenvalue weighted by atomic mass is 35.5. The summed E-state index contributed by atoms with van der Waals surface area (Å²) in [5, 5.41) is 21.7. The maximum Gasteiger partial charge on any atom is 0.345 e. The van der Waals surface area contributed by atoms with Gasteiger partial charge < -0.3 is 15.4 Å². The summed E-state index contributed by atoms with van der Waals surface area (Å²) in [5.41, 5.74) is 1.10. The van der Waals surface area contributed by atoms with Gasteiger partial charge in [-0.3, -0.25) is 9.48 Å². The van der Waals surface area contributed by atoms with Gasteiger partial charge in [-0.05, 0) is 29.5 Å². The number of halogens is 2. The van der Waals surface area contributed by atoms with Gasteiger partial charge in [0.05, 0.1) is 18.3 Å². The predicted octanol–water partition coefficient (Wildman–Crippen LogP) is 2.78. The molecule has 1 N–H and O–H groups in total. The van der Waals surface area contributed by atoms with Gasteiger partial charge in [0.2, 0.25) is 0 Å². The number of nitrogens with one attached hydrogen (secondary N) is 1. The van der Waals surface area contributed by atoms with Crippen molar-refractivity contribution >= 4 is 29.1 Å². The molecule has 0 fully saturated rings. The number of benzene rings is 1. The molecule has 3 aromatic rings. The second-order valence-corrected chi connectivity index (χ2v) is 6.17. The molecule has 2 heterocycles. The highest BCUT2D eigenvalue weighted by molar-refractivity contribution is 6.33. The van der Waals surface area contributed by atoms with Crippen LogP contribution in [0.25, 0.3) is 0 Å². The molecule has 0 bridgehead atoms. The Kier molecular flexibility index (Phi) is 5.17. The lowest BCUT2D eigenvalue weighted by atomic mass is 10.2. The third-order valence-electron chi connectivity index (χ3n) is 3.57. The van der Waals surface area contributed by atoms with Gasteiger partial charge in [0, 0.05) is 6.20 Å². The molecule has 0 aliphatic carbocycles. The smallest absolute Gasteiger partial charge is 0.345 e. The Bertz CT molecular complexity index is 1020. The van der Waals surface area contributed by atoms with E-state index in [1.807, 2.05) is 0 Å². The number of aryl methyl sites for hydroxylation is 1. The normalized spacial score (nSPS) is 10.8. The van der Waals surface area contributed by atoms with Crippen LogP contribution in [0.1, 0.15) is 11.3 Å². The summed E-state index contributed by atoms with van der Waals surface area (Å²) in [7, 11) is 0. The van der Waals surface area contributed by atoms with Crippen LogP contribution in [0.5, 0.6) is 0 Å². The van der Waals surface area contributed by atoms with Crippen molar-refractivity contribution in [2.45, 2.75) is 20.0 Å². The first kappa shape index (κ1) is 18.5. The van der Waals surface area contributed by atoms with Crippen LogP contribution in [0.3, 0.4) is 0 Å². The van der Waals surface area contributed by atoms with E-state index in [1.165, 1.54) is 29.1 Å². The predicted molar refractivity (Wildman–Crippen MR) is 95.0 cm³/mol. The van der Waals surface area contributed by atoms with Crippen molar-refractivity contribution in [1.82, 2.24) is 19.6 Å². The molecule has 0 aliphatic rings. The Balaban J connectivity index is 1.70. The van der Waals surface area contributed by atoms with Crippen molar-refractivity contribution < 1.29 is 14.1 Å². The standard InChI is InChI=1S/C16H14ClFN6O3/c1-10-5-15(24(26)27)23(20-10)9-14(25)19-16-13(17)8-22(21-16)7-11-3-2-4-12(18)6-11/h2-6,8H,7,9H2,1H3,(H,19,21,25). The molecule has 0 aliphatic heterocycles. The summed E-state index contributed by atoms with van der Waals surface area (Å²) >= 11 is 6.07. The lowest BCUT2D eigenvalue weighted by Gasteiger charge is -2.03. The van der Waals surface area contributed by atoms with E-state index >= 15 is 0 Å². The largest absolute Gasteiger partial charge is 0.358 e. The molecule has 2 aromatic heterocycles. The zero-order chi connectivity index (χ0) is 19.6. The minimum Gasteiger partial charge on any atom is -0.358 e. The molecule has 1 amide bonds. The number of aromatic nitrogens is 4. The van der Waals surface area contributed by atoms with Gasteiger partial charge in [-0.1, -0.05) is 28.8 Å². The number of carbonyl (C=O) groups is 1. The van der Waals surface area contributed by atoms with E-state index in [0.29, 0.717) is 11.3 Å². The fraction of sp³-hybridized carbons (Fsp3) is 0.188. The third kappa shape index (κ3) is 4.47. The number of anilines is 1. The Morgan fingerprint density at radius 2 is 2.15 bits per heavy atom. The molecule has 0 spiro atoms. The molecule has 0 radical (unpaired) electrons. The monoisotopic (exact) mass is 392 g/mol. The number of nitro groups is 1. The van der Waals surface area contributed by atoms with E-state index in [4.69, 9.17) is 11.6 Å². The third-order valence-corrected chi connectivity index (χ3v) is 3.85. The van der Waals surface area contributed by atoms with Crippen molar-refractivity contribution in [3.63, 3.8) is 0 Å². The highest BCUT2D eigenvalue weighted by Gasteiger charge is 2.20. The van der Waals surface area contributed by atoms with Crippen LogP contribution in [-0.4, -0.2) is 30.4 Å². The average Bonchev–Trinajstić information content (AvgIpc) is 3.10. The Labute approximate surface area is 157 Å². The molecule has 9 nitrogen and oxygen atoms in total.